The summed E-state index contributed by atoms with van der Waals surface area (Å²) < 4.78 is 9.93. The summed E-state index contributed by atoms with van der Waals surface area (Å²) in [6.07, 6.45) is 1.09. The summed E-state index contributed by atoms with van der Waals surface area (Å²) in [6.45, 7) is 3.27. The Morgan fingerprint density at radius 2 is 1.30 bits per heavy atom. The summed E-state index contributed by atoms with van der Waals surface area (Å²) >= 11 is 0. The van der Waals surface area contributed by atoms with Gasteiger partial charge in [-0.05, 0) is 38.1 Å². The van der Waals surface area contributed by atoms with Crippen LogP contribution in [-0.2, 0) is 19.1 Å². The second-order valence-electron chi connectivity index (χ2n) is 6.13. The van der Waals surface area contributed by atoms with Crippen LogP contribution in [0.3, 0.4) is 0 Å². The summed E-state index contributed by atoms with van der Waals surface area (Å²) in [4.78, 5) is 50.8. The van der Waals surface area contributed by atoms with E-state index < -0.39 is 29.3 Å². The number of para-hydroxylation sites is 1. The van der Waals surface area contributed by atoms with Crippen LogP contribution in [0.4, 0.5) is 5.69 Å². The van der Waals surface area contributed by atoms with Crippen molar-refractivity contribution in [3.05, 3.63) is 77.5 Å². The van der Waals surface area contributed by atoms with E-state index in [0.717, 1.165) is 16.2 Å². The number of hydrogen-bond acceptors (Lipinski definition) is 7. The fourth-order valence-corrected chi connectivity index (χ4v) is 2.93. The second kappa shape index (κ2) is 9.04. The van der Waals surface area contributed by atoms with Gasteiger partial charge in [0.05, 0.1) is 30.0 Å². The summed E-state index contributed by atoms with van der Waals surface area (Å²) in [5.41, 5.74) is 0.397. The first-order chi connectivity index (χ1) is 14.5. The lowest BCUT2D eigenvalue weighted by molar-refractivity contribution is -0.146. The van der Waals surface area contributed by atoms with Crippen molar-refractivity contribution in [2.75, 3.05) is 18.2 Å². The number of amides is 2. The lowest BCUT2D eigenvalue weighted by Crippen LogP contribution is -2.44. The molecule has 0 bridgehead atoms. The Kier molecular flexibility index (Phi) is 6.26. The minimum Gasteiger partial charge on any atom is -0.462 e. The number of anilines is 1. The van der Waals surface area contributed by atoms with Crippen LogP contribution in [0.2, 0.25) is 0 Å². The summed E-state index contributed by atoms with van der Waals surface area (Å²) in [6, 6.07) is 14.8. The first-order valence-corrected chi connectivity index (χ1v) is 9.37. The predicted molar refractivity (Wildman–Crippen MR) is 107 cm³/mol. The van der Waals surface area contributed by atoms with E-state index in [9.17, 15) is 19.2 Å². The van der Waals surface area contributed by atoms with Gasteiger partial charge in [-0.1, -0.05) is 30.3 Å². The molecule has 8 nitrogen and oxygen atoms in total. The average molecular weight is 408 g/mol. The molecule has 0 saturated heterocycles. The van der Waals surface area contributed by atoms with Gasteiger partial charge in [0, 0.05) is 6.20 Å². The molecule has 3 rings (SSSR count). The van der Waals surface area contributed by atoms with Gasteiger partial charge in [-0.15, -0.1) is 0 Å². The molecule has 154 valence electrons. The minimum absolute atomic E-state index is 0.0356. The van der Waals surface area contributed by atoms with E-state index in [1.54, 1.807) is 68.4 Å². The fraction of sp³-hybridized carbons (Fsp3) is 0.182. The molecule has 0 aliphatic carbocycles. The zero-order valence-electron chi connectivity index (χ0n) is 16.5. The Morgan fingerprint density at radius 3 is 1.77 bits per heavy atom. The highest BCUT2D eigenvalue weighted by Gasteiger charge is 2.40. The van der Waals surface area contributed by atoms with Gasteiger partial charge in [0.1, 0.15) is 0 Å². The van der Waals surface area contributed by atoms with E-state index in [1.807, 2.05) is 0 Å². The highest BCUT2D eigenvalue weighted by molar-refractivity contribution is 6.22. The number of rotatable bonds is 7. The molecule has 0 radical (unpaired) electrons. The van der Waals surface area contributed by atoms with E-state index >= 15 is 0 Å². The maximum absolute atomic E-state index is 13.0. The zero-order valence-corrected chi connectivity index (χ0v) is 16.5. The van der Waals surface area contributed by atoms with Crippen LogP contribution in [0, 0.1) is 0 Å². The lowest BCUT2D eigenvalue weighted by Gasteiger charge is -2.29. The number of ether oxygens (including phenoxy) is 2. The van der Waals surface area contributed by atoms with Crippen LogP contribution >= 0.6 is 0 Å². The number of carbonyl (C=O) groups is 4. The standard InChI is InChI=1S/C22H20N2O6/c1-3-29-21(27)18(22(28)30-4-2)14-23(15-10-6-5-7-11-15)24-19(25)16-12-8-9-13-17(16)20(24)26/h5-14H,3-4H2,1-2H3. The van der Waals surface area contributed by atoms with E-state index in [1.165, 1.54) is 0 Å². The normalized spacial score (nSPS) is 12.3. The third-order valence-corrected chi connectivity index (χ3v) is 4.25. The number of imide groups is 1. The largest absolute Gasteiger partial charge is 0.462 e. The van der Waals surface area contributed by atoms with E-state index in [2.05, 4.69) is 0 Å². The maximum atomic E-state index is 13.0. The predicted octanol–water partition coefficient (Wildman–Crippen LogP) is 2.71. The highest BCUT2D eigenvalue weighted by Crippen LogP contribution is 2.28. The van der Waals surface area contributed by atoms with Crippen molar-refractivity contribution >= 4 is 29.4 Å². The topological polar surface area (TPSA) is 93.2 Å². The first kappa shape index (κ1) is 20.8. The summed E-state index contributed by atoms with van der Waals surface area (Å²) in [5.74, 6) is -3.01. The Morgan fingerprint density at radius 1 is 0.833 bits per heavy atom. The molecule has 1 heterocycles. The molecule has 2 aromatic rings. The second-order valence-corrected chi connectivity index (χ2v) is 6.13. The van der Waals surface area contributed by atoms with Crippen molar-refractivity contribution in [3.63, 3.8) is 0 Å². The first-order valence-electron chi connectivity index (χ1n) is 9.37. The molecule has 0 atom stereocenters. The number of benzene rings is 2. The molecule has 0 aromatic heterocycles. The van der Waals surface area contributed by atoms with E-state index in [4.69, 9.17) is 9.47 Å². The molecule has 1 aliphatic rings. The molecule has 30 heavy (non-hydrogen) atoms. The number of hydrogen-bond donors (Lipinski definition) is 0. The van der Waals surface area contributed by atoms with Crippen molar-refractivity contribution in [2.24, 2.45) is 0 Å². The van der Waals surface area contributed by atoms with Crippen LogP contribution in [0.15, 0.2) is 66.4 Å². The average Bonchev–Trinajstić information content (AvgIpc) is 3.00. The summed E-state index contributed by atoms with van der Waals surface area (Å²) in [5, 5.41) is 2.03. The molecule has 2 amide bonds. The van der Waals surface area contributed by atoms with Crippen LogP contribution in [-0.4, -0.2) is 42.0 Å². The molecule has 0 fully saturated rings. The Bertz CT molecular complexity index is 960. The molecule has 8 heteroatoms. The van der Waals surface area contributed by atoms with E-state index in [-0.39, 0.29) is 24.3 Å². The quantitative estimate of drug-likeness (QED) is 0.229. The monoisotopic (exact) mass is 408 g/mol. The Labute approximate surface area is 173 Å². The van der Waals surface area contributed by atoms with Gasteiger partial charge in [-0.3, -0.25) is 9.59 Å². The number of carbonyl (C=O) groups excluding carboxylic acids is 4. The zero-order chi connectivity index (χ0) is 21.7. The number of fused-ring (bicyclic) bond motifs is 1. The Hall–Kier alpha value is -3.94. The van der Waals surface area contributed by atoms with Crippen LogP contribution in [0.1, 0.15) is 34.6 Å². The smallest absolute Gasteiger partial charge is 0.347 e. The molecular formula is C22H20N2O6. The molecular weight excluding hydrogens is 388 g/mol. The van der Waals surface area contributed by atoms with Crippen LogP contribution < -0.4 is 5.01 Å². The maximum Gasteiger partial charge on any atom is 0.347 e. The van der Waals surface area contributed by atoms with Gasteiger partial charge < -0.3 is 9.47 Å². The third-order valence-electron chi connectivity index (χ3n) is 4.25. The fourth-order valence-electron chi connectivity index (χ4n) is 2.93. The van der Waals surface area contributed by atoms with Crippen molar-refractivity contribution < 1.29 is 28.7 Å². The van der Waals surface area contributed by atoms with Gasteiger partial charge in [-0.2, -0.15) is 5.01 Å². The highest BCUT2D eigenvalue weighted by atomic mass is 16.6. The van der Waals surface area contributed by atoms with Gasteiger partial charge in [0.2, 0.25) is 0 Å². The third kappa shape index (κ3) is 3.93. The van der Waals surface area contributed by atoms with Crippen molar-refractivity contribution in [1.29, 1.82) is 0 Å². The molecule has 0 saturated carbocycles. The number of nitrogens with zero attached hydrogens (tertiary/aromatic N) is 2. The molecule has 0 spiro atoms. The summed E-state index contributed by atoms with van der Waals surface area (Å²) in [7, 11) is 0. The minimum atomic E-state index is -0.923. The molecule has 0 unspecified atom stereocenters. The molecule has 2 aromatic carbocycles. The van der Waals surface area contributed by atoms with Crippen molar-refractivity contribution in [3.8, 4) is 0 Å². The van der Waals surface area contributed by atoms with E-state index in [0.29, 0.717) is 5.69 Å². The van der Waals surface area contributed by atoms with Gasteiger partial charge in [0.15, 0.2) is 5.57 Å². The molecule has 1 aliphatic heterocycles. The van der Waals surface area contributed by atoms with Gasteiger partial charge in [0.25, 0.3) is 11.8 Å². The van der Waals surface area contributed by atoms with Crippen LogP contribution in [0.5, 0.6) is 0 Å². The van der Waals surface area contributed by atoms with Crippen molar-refractivity contribution in [1.82, 2.24) is 5.01 Å². The SMILES string of the molecule is CCOC(=O)C(=CN(c1ccccc1)N1C(=O)c2ccccc2C1=O)C(=O)OCC. The lowest BCUT2D eigenvalue weighted by atomic mass is 10.1. The number of esters is 2. The van der Waals surface area contributed by atoms with Gasteiger partial charge >= 0.3 is 11.9 Å². The number of hydrazine groups is 1. The van der Waals surface area contributed by atoms with Gasteiger partial charge in [-0.25, -0.2) is 14.6 Å². The van der Waals surface area contributed by atoms with Crippen molar-refractivity contribution in [2.45, 2.75) is 13.8 Å². The van der Waals surface area contributed by atoms with Crippen LogP contribution in [0.25, 0.3) is 0 Å². The Balaban J connectivity index is 2.13. The molecule has 0 N–H and O–H groups in total.